The van der Waals surface area contributed by atoms with E-state index in [2.05, 4.69) is 18.2 Å². The van der Waals surface area contributed by atoms with Gasteiger partial charge in [-0.2, -0.15) is 0 Å². The average Bonchev–Trinajstić information content (AvgIpc) is 2.82. The summed E-state index contributed by atoms with van der Waals surface area (Å²) in [7, 11) is 1.71. The van der Waals surface area contributed by atoms with Gasteiger partial charge in [0.15, 0.2) is 5.78 Å². The molecule has 0 amide bonds. The van der Waals surface area contributed by atoms with Crippen molar-refractivity contribution in [3.63, 3.8) is 0 Å². The molecule has 2 aliphatic rings. The predicted octanol–water partition coefficient (Wildman–Crippen LogP) is 4.03. The standard InChI is InChI=1S/C19H26O2/c1-21-19(11-4-2-3-5-12-19)18(20)14-15-9-10-16-7-6-8-17(16)13-15/h9-10,13H,2-8,11-12,14H2,1H3. The average molecular weight is 286 g/mol. The van der Waals surface area contributed by atoms with Gasteiger partial charge in [-0.3, -0.25) is 4.79 Å². The topological polar surface area (TPSA) is 26.3 Å². The number of benzene rings is 1. The molecule has 1 aromatic rings. The van der Waals surface area contributed by atoms with Crippen LogP contribution in [0.5, 0.6) is 0 Å². The number of carbonyl (C=O) groups is 1. The van der Waals surface area contributed by atoms with Crippen LogP contribution in [0.2, 0.25) is 0 Å². The molecule has 0 heterocycles. The summed E-state index contributed by atoms with van der Waals surface area (Å²) in [4.78, 5) is 12.8. The maximum atomic E-state index is 12.8. The van der Waals surface area contributed by atoms with Crippen molar-refractivity contribution in [2.45, 2.75) is 69.8 Å². The number of rotatable bonds is 4. The van der Waals surface area contributed by atoms with Crippen LogP contribution in [-0.2, 0) is 28.8 Å². The zero-order valence-electron chi connectivity index (χ0n) is 13.1. The lowest BCUT2D eigenvalue weighted by Gasteiger charge is -2.30. The van der Waals surface area contributed by atoms with Gasteiger partial charge in [0.2, 0.25) is 0 Å². The fourth-order valence-electron chi connectivity index (χ4n) is 3.98. The summed E-state index contributed by atoms with van der Waals surface area (Å²) in [6.45, 7) is 0. The van der Waals surface area contributed by atoms with Gasteiger partial charge in [-0.05, 0) is 48.8 Å². The molecule has 2 nitrogen and oxygen atoms in total. The van der Waals surface area contributed by atoms with Crippen LogP contribution in [-0.4, -0.2) is 18.5 Å². The van der Waals surface area contributed by atoms with Crippen molar-refractivity contribution < 1.29 is 9.53 Å². The highest BCUT2D eigenvalue weighted by molar-refractivity contribution is 5.89. The fraction of sp³-hybridized carbons (Fsp3) is 0.632. The largest absolute Gasteiger partial charge is 0.370 e. The van der Waals surface area contributed by atoms with Gasteiger partial charge < -0.3 is 4.74 Å². The highest BCUT2D eigenvalue weighted by Gasteiger charge is 2.38. The Labute approximate surface area is 127 Å². The predicted molar refractivity (Wildman–Crippen MR) is 84.6 cm³/mol. The molecule has 0 radical (unpaired) electrons. The van der Waals surface area contributed by atoms with Gasteiger partial charge in [0.05, 0.1) is 0 Å². The summed E-state index contributed by atoms with van der Waals surface area (Å²) >= 11 is 0. The van der Waals surface area contributed by atoms with E-state index >= 15 is 0 Å². The van der Waals surface area contributed by atoms with Crippen LogP contribution in [0.3, 0.4) is 0 Å². The molecule has 0 atom stereocenters. The lowest BCUT2D eigenvalue weighted by atomic mass is 9.86. The van der Waals surface area contributed by atoms with Crippen LogP contribution >= 0.6 is 0 Å². The Bertz CT molecular complexity index is 510. The molecule has 21 heavy (non-hydrogen) atoms. The number of Topliss-reactive ketones (excluding diaryl/α,β-unsaturated/α-hetero) is 1. The van der Waals surface area contributed by atoms with Crippen molar-refractivity contribution in [2.75, 3.05) is 7.11 Å². The maximum absolute atomic E-state index is 12.8. The molecule has 1 aromatic carbocycles. The Morgan fingerprint density at radius 1 is 1.05 bits per heavy atom. The molecule has 0 aliphatic heterocycles. The smallest absolute Gasteiger partial charge is 0.168 e. The van der Waals surface area contributed by atoms with E-state index in [1.54, 1.807) is 7.11 Å². The van der Waals surface area contributed by atoms with Crippen LogP contribution in [0.4, 0.5) is 0 Å². The second-order valence-corrected chi connectivity index (χ2v) is 6.67. The third kappa shape index (κ3) is 3.06. The Morgan fingerprint density at radius 3 is 2.48 bits per heavy atom. The second-order valence-electron chi connectivity index (χ2n) is 6.67. The quantitative estimate of drug-likeness (QED) is 0.781. The van der Waals surface area contributed by atoms with Gasteiger partial charge in [-0.15, -0.1) is 0 Å². The van der Waals surface area contributed by atoms with E-state index in [9.17, 15) is 4.79 Å². The van der Waals surface area contributed by atoms with Crippen molar-refractivity contribution in [3.8, 4) is 0 Å². The number of methoxy groups -OCH3 is 1. The maximum Gasteiger partial charge on any atom is 0.168 e. The van der Waals surface area contributed by atoms with E-state index in [-0.39, 0.29) is 5.78 Å². The molecule has 2 heteroatoms. The summed E-state index contributed by atoms with van der Waals surface area (Å²) < 4.78 is 5.74. The van der Waals surface area contributed by atoms with Crippen molar-refractivity contribution in [3.05, 3.63) is 34.9 Å². The molecule has 114 valence electrons. The molecule has 2 aliphatic carbocycles. The minimum absolute atomic E-state index is 0.282. The zero-order chi connectivity index (χ0) is 14.7. The van der Waals surface area contributed by atoms with Gasteiger partial charge in [0.25, 0.3) is 0 Å². The van der Waals surface area contributed by atoms with E-state index in [4.69, 9.17) is 4.74 Å². The molecular formula is C19H26O2. The zero-order valence-corrected chi connectivity index (χ0v) is 13.1. The normalized spacial score (nSPS) is 20.8. The summed E-state index contributed by atoms with van der Waals surface area (Å²) in [5, 5.41) is 0. The molecular weight excluding hydrogens is 260 g/mol. The first-order valence-corrected chi connectivity index (χ1v) is 8.43. The first-order valence-electron chi connectivity index (χ1n) is 8.43. The monoisotopic (exact) mass is 286 g/mol. The second kappa shape index (κ2) is 6.31. The number of ketones is 1. The summed E-state index contributed by atoms with van der Waals surface area (Å²) in [5.74, 6) is 0.282. The molecule has 0 bridgehead atoms. The third-order valence-electron chi connectivity index (χ3n) is 5.34. The van der Waals surface area contributed by atoms with E-state index in [0.717, 1.165) is 25.7 Å². The van der Waals surface area contributed by atoms with Crippen molar-refractivity contribution in [2.24, 2.45) is 0 Å². The number of ether oxygens (including phenoxy) is 1. The van der Waals surface area contributed by atoms with E-state index in [1.165, 1.54) is 48.8 Å². The first kappa shape index (κ1) is 14.8. The van der Waals surface area contributed by atoms with E-state index < -0.39 is 5.60 Å². The Kier molecular flexibility index (Phi) is 4.44. The Balaban J connectivity index is 1.75. The lowest BCUT2D eigenvalue weighted by Crippen LogP contribution is -2.41. The summed E-state index contributed by atoms with van der Waals surface area (Å²) in [6, 6.07) is 6.61. The van der Waals surface area contributed by atoms with Gasteiger partial charge in [-0.25, -0.2) is 0 Å². The number of hydrogen-bond acceptors (Lipinski definition) is 2. The van der Waals surface area contributed by atoms with E-state index in [0.29, 0.717) is 6.42 Å². The van der Waals surface area contributed by atoms with E-state index in [1.807, 2.05) is 0 Å². The summed E-state index contributed by atoms with van der Waals surface area (Å²) in [5.41, 5.74) is 3.58. The number of fused-ring (bicyclic) bond motifs is 1. The minimum Gasteiger partial charge on any atom is -0.370 e. The lowest BCUT2D eigenvalue weighted by molar-refractivity contribution is -0.142. The molecule has 1 fully saturated rings. The van der Waals surface area contributed by atoms with Crippen molar-refractivity contribution >= 4 is 5.78 Å². The van der Waals surface area contributed by atoms with Gasteiger partial charge in [0.1, 0.15) is 5.60 Å². The number of aryl methyl sites for hydroxylation is 2. The molecule has 0 N–H and O–H groups in total. The van der Waals surface area contributed by atoms with Crippen LogP contribution in [0.15, 0.2) is 18.2 Å². The molecule has 3 rings (SSSR count). The molecule has 0 saturated heterocycles. The van der Waals surface area contributed by atoms with Gasteiger partial charge >= 0.3 is 0 Å². The van der Waals surface area contributed by atoms with Gasteiger partial charge in [0, 0.05) is 13.5 Å². The molecule has 0 aromatic heterocycles. The first-order chi connectivity index (χ1) is 10.2. The SMILES string of the molecule is COC1(C(=O)Cc2ccc3c(c2)CCC3)CCCCCC1. The minimum atomic E-state index is -0.518. The molecule has 0 spiro atoms. The molecule has 0 unspecified atom stereocenters. The third-order valence-corrected chi connectivity index (χ3v) is 5.34. The van der Waals surface area contributed by atoms with Crippen LogP contribution < -0.4 is 0 Å². The summed E-state index contributed by atoms with van der Waals surface area (Å²) in [6.07, 6.45) is 10.6. The fourth-order valence-corrected chi connectivity index (χ4v) is 3.98. The van der Waals surface area contributed by atoms with Crippen LogP contribution in [0, 0.1) is 0 Å². The Hall–Kier alpha value is -1.15. The Morgan fingerprint density at radius 2 is 1.76 bits per heavy atom. The van der Waals surface area contributed by atoms with Crippen molar-refractivity contribution in [1.82, 2.24) is 0 Å². The molecule has 1 saturated carbocycles. The van der Waals surface area contributed by atoms with Gasteiger partial charge in [-0.1, -0.05) is 43.9 Å². The number of hydrogen-bond donors (Lipinski definition) is 0. The van der Waals surface area contributed by atoms with Crippen LogP contribution in [0.1, 0.15) is 61.6 Å². The highest BCUT2D eigenvalue weighted by Crippen LogP contribution is 2.32. The van der Waals surface area contributed by atoms with Crippen molar-refractivity contribution in [1.29, 1.82) is 0 Å². The van der Waals surface area contributed by atoms with Crippen LogP contribution in [0.25, 0.3) is 0 Å². The highest BCUT2D eigenvalue weighted by atomic mass is 16.5. The number of carbonyl (C=O) groups excluding carboxylic acids is 1.